The summed E-state index contributed by atoms with van der Waals surface area (Å²) in [5.41, 5.74) is 1.18. The molecule has 23 heavy (non-hydrogen) atoms. The summed E-state index contributed by atoms with van der Waals surface area (Å²) in [6.45, 7) is 0.333. The number of hydrogen-bond donors (Lipinski definition) is 1. The number of aromatic carboxylic acids is 1. The van der Waals surface area contributed by atoms with Crippen molar-refractivity contribution < 1.29 is 23.5 Å². The number of carboxylic acids is 1. The Hall–Kier alpha value is -2.48. The molecule has 0 atom stereocenters. The highest BCUT2D eigenvalue weighted by molar-refractivity contribution is 7.18. The number of anilines is 1. The van der Waals surface area contributed by atoms with Crippen molar-refractivity contribution in [1.82, 2.24) is 4.90 Å². The average Bonchev–Trinajstić information content (AvgIpc) is 2.93. The van der Waals surface area contributed by atoms with Gasteiger partial charge in [-0.2, -0.15) is 0 Å². The number of carbonyl (C=O) groups excluding carboxylic acids is 1. The lowest BCUT2D eigenvalue weighted by molar-refractivity contribution is 0.0702. The molecule has 1 aliphatic rings. The molecule has 0 bridgehead atoms. The second-order valence-corrected chi connectivity index (χ2v) is 6.22. The molecule has 2 heterocycles. The fourth-order valence-electron chi connectivity index (χ4n) is 2.48. The van der Waals surface area contributed by atoms with Crippen molar-refractivity contribution in [3.8, 4) is 0 Å². The molecule has 0 fully saturated rings. The lowest BCUT2D eigenvalue weighted by atomic mass is 10.1. The maximum Gasteiger partial charge on any atom is 0.345 e. The van der Waals surface area contributed by atoms with Crippen LogP contribution in [-0.2, 0) is 13.1 Å². The van der Waals surface area contributed by atoms with Gasteiger partial charge in [0.2, 0.25) is 0 Å². The molecule has 1 aromatic heterocycles. The van der Waals surface area contributed by atoms with E-state index in [1.807, 2.05) is 0 Å². The smallest absolute Gasteiger partial charge is 0.345 e. The normalized spacial score (nSPS) is 14.1. The van der Waals surface area contributed by atoms with Gasteiger partial charge in [0.05, 0.1) is 6.54 Å². The minimum atomic E-state index is -1.04. The van der Waals surface area contributed by atoms with Gasteiger partial charge in [0.25, 0.3) is 0 Å². The van der Waals surface area contributed by atoms with Crippen LogP contribution >= 0.6 is 11.3 Å². The number of carbonyl (C=O) groups is 2. The van der Waals surface area contributed by atoms with Gasteiger partial charge in [0.1, 0.15) is 9.88 Å². The van der Waals surface area contributed by atoms with Crippen LogP contribution in [0.5, 0.6) is 0 Å². The molecule has 5 nitrogen and oxygen atoms in total. The molecule has 0 spiro atoms. The zero-order valence-electron chi connectivity index (χ0n) is 12.0. The Bertz CT molecular complexity index is 806. The summed E-state index contributed by atoms with van der Waals surface area (Å²) in [6, 6.07) is 4.69. The summed E-state index contributed by atoms with van der Waals surface area (Å²) in [7, 11) is 1.56. The Morgan fingerprint density at radius 1 is 1.30 bits per heavy atom. The van der Waals surface area contributed by atoms with Crippen LogP contribution in [0, 0.1) is 11.6 Å². The van der Waals surface area contributed by atoms with E-state index in [-0.39, 0.29) is 24.0 Å². The van der Waals surface area contributed by atoms with Crippen molar-refractivity contribution >= 4 is 28.3 Å². The van der Waals surface area contributed by atoms with Crippen molar-refractivity contribution in [3.05, 3.63) is 51.9 Å². The van der Waals surface area contributed by atoms with Crippen LogP contribution in [-0.4, -0.2) is 29.1 Å². The number of rotatable bonds is 3. The molecule has 0 saturated carbocycles. The van der Waals surface area contributed by atoms with Gasteiger partial charge in [-0.25, -0.2) is 18.4 Å². The van der Waals surface area contributed by atoms with E-state index in [1.165, 1.54) is 21.9 Å². The largest absolute Gasteiger partial charge is 0.477 e. The highest BCUT2D eigenvalue weighted by Crippen LogP contribution is 2.36. The molecule has 0 saturated heterocycles. The summed E-state index contributed by atoms with van der Waals surface area (Å²) >= 11 is 1.04. The zero-order chi connectivity index (χ0) is 16.7. The molecule has 1 N–H and O–H groups in total. The fourth-order valence-corrected chi connectivity index (χ4v) is 3.44. The second-order valence-electron chi connectivity index (χ2n) is 5.19. The van der Waals surface area contributed by atoms with Crippen molar-refractivity contribution in [2.45, 2.75) is 13.1 Å². The SMILES string of the molecule is CN1C(=O)N(Cc2ccc(F)c(F)c2)Cc2cc(C(=O)O)sc21. The Labute approximate surface area is 134 Å². The van der Waals surface area contributed by atoms with E-state index in [0.29, 0.717) is 10.6 Å². The summed E-state index contributed by atoms with van der Waals surface area (Å²) in [4.78, 5) is 26.4. The van der Waals surface area contributed by atoms with Gasteiger partial charge in [-0.1, -0.05) is 6.07 Å². The standard InChI is InChI=1S/C15H12F2N2O3S/c1-18-13-9(5-12(23-13)14(20)21)7-19(15(18)22)6-8-2-3-10(16)11(17)4-8/h2-5H,6-7H2,1H3,(H,20,21). The molecule has 120 valence electrons. The molecule has 0 radical (unpaired) electrons. The number of benzene rings is 1. The van der Waals surface area contributed by atoms with Gasteiger partial charge in [0, 0.05) is 19.2 Å². The van der Waals surface area contributed by atoms with Crippen LogP contribution in [0.15, 0.2) is 24.3 Å². The monoisotopic (exact) mass is 338 g/mol. The van der Waals surface area contributed by atoms with E-state index in [9.17, 15) is 18.4 Å². The van der Waals surface area contributed by atoms with E-state index in [4.69, 9.17) is 5.11 Å². The van der Waals surface area contributed by atoms with Crippen molar-refractivity contribution in [2.24, 2.45) is 0 Å². The molecule has 0 aliphatic carbocycles. The van der Waals surface area contributed by atoms with Crippen molar-refractivity contribution in [3.63, 3.8) is 0 Å². The van der Waals surface area contributed by atoms with E-state index in [1.54, 1.807) is 7.05 Å². The van der Waals surface area contributed by atoms with Gasteiger partial charge in [-0.3, -0.25) is 4.90 Å². The molecular weight excluding hydrogens is 326 g/mol. The van der Waals surface area contributed by atoms with Gasteiger partial charge in [0.15, 0.2) is 11.6 Å². The third kappa shape index (κ3) is 2.77. The quantitative estimate of drug-likeness (QED) is 0.934. The third-order valence-electron chi connectivity index (χ3n) is 3.58. The van der Waals surface area contributed by atoms with Crippen LogP contribution in [0.4, 0.5) is 18.6 Å². The first-order valence-electron chi connectivity index (χ1n) is 6.69. The van der Waals surface area contributed by atoms with Crippen LogP contribution in [0.3, 0.4) is 0 Å². The van der Waals surface area contributed by atoms with Gasteiger partial charge < -0.3 is 10.0 Å². The maximum absolute atomic E-state index is 13.3. The van der Waals surface area contributed by atoms with Crippen LogP contribution in [0.2, 0.25) is 0 Å². The highest BCUT2D eigenvalue weighted by Gasteiger charge is 2.30. The first-order valence-corrected chi connectivity index (χ1v) is 7.51. The molecule has 2 aromatic rings. The van der Waals surface area contributed by atoms with E-state index in [2.05, 4.69) is 0 Å². The van der Waals surface area contributed by atoms with Crippen molar-refractivity contribution in [2.75, 3.05) is 11.9 Å². The van der Waals surface area contributed by atoms with Crippen LogP contribution in [0.25, 0.3) is 0 Å². The summed E-state index contributed by atoms with van der Waals surface area (Å²) in [5.74, 6) is -2.95. The van der Waals surface area contributed by atoms with Gasteiger partial charge >= 0.3 is 12.0 Å². The number of halogens is 2. The maximum atomic E-state index is 13.3. The molecule has 1 aliphatic heterocycles. The molecule has 2 amide bonds. The molecule has 1 aromatic carbocycles. The Morgan fingerprint density at radius 2 is 2.04 bits per heavy atom. The van der Waals surface area contributed by atoms with Crippen LogP contribution < -0.4 is 4.90 Å². The number of thiophene rings is 1. The number of amides is 2. The zero-order valence-corrected chi connectivity index (χ0v) is 12.9. The summed E-state index contributed by atoms with van der Waals surface area (Å²) in [6.07, 6.45) is 0. The van der Waals surface area contributed by atoms with E-state index >= 15 is 0 Å². The number of fused-ring (bicyclic) bond motifs is 1. The van der Waals surface area contributed by atoms with Crippen molar-refractivity contribution in [1.29, 1.82) is 0 Å². The topological polar surface area (TPSA) is 60.9 Å². The first-order chi connectivity index (χ1) is 10.9. The minimum Gasteiger partial charge on any atom is -0.477 e. The summed E-state index contributed by atoms with van der Waals surface area (Å²) in [5, 5.41) is 9.65. The lowest BCUT2D eigenvalue weighted by Gasteiger charge is -2.33. The highest BCUT2D eigenvalue weighted by atomic mass is 32.1. The number of nitrogens with zero attached hydrogens (tertiary/aromatic N) is 2. The number of urea groups is 1. The van der Waals surface area contributed by atoms with E-state index < -0.39 is 17.6 Å². The minimum absolute atomic E-state index is 0.109. The lowest BCUT2D eigenvalue weighted by Crippen LogP contribution is -2.43. The van der Waals surface area contributed by atoms with Gasteiger partial charge in [-0.15, -0.1) is 11.3 Å². The molecule has 3 rings (SSSR count). The Kier molecular flexibility index (Phi) is 3.77. The Morgan fingerprint density at radius 3 is 2.70 bits per heavy atom. The second kappa shape index (κ2) is 5.62. The summed E-state index contributed by atoms with van der Waals surface area (Å²) < 4.78 is 26.3. The van der Waals surface area contributed by atoms with E-state index in [0.717, 1.165) is 29.0 Å². The molecular formula is C15H12F2N2O3S. The molecule has 0 unspecified atom stereocenters. The third-order valence-corrected chi connectivity index (χ3v) is 4.82. The fraction of sp³-hybridized carbons (Fsp3) is 0.200. The average molecular weight is 338 g/mol. The van der Waals surface area contributed by atoms with Crippen LogP contribution in [0.1, 0.15) is 20.8 Å². The van der Waals surface area contributed by atoms with Gasteiger partial charge in [-0.05, 0) is 23.8 Å². The molecule has 8 heteroatoms. The Balaban J connectivity index is 1.87. The first kappa shape index (κ1) is 15.4. The predicted octanol–water partition coefficient (Wildman–Crippen LogP) is 3.30. The predicted molar refractivity (Wildman–Crippen MR) is 80.7 cm³/mol. The number of carboxylic acid groups (broad SMARTS) is 1. The number of hydrogen-bond acceptors (Lipinski definition) is 3.